The highest BCUT2D eigenvalue weighted by molar-refractivity contribution is 6.76. The standard InChI is InChI=1S/C32H43BN4O3Si/c1-31(2)32(3,4)40-33(39-31)26-15-14-23-18-25(13-12-24(23)19-26)27-20-34-30-28(35-27)36-29(22-10-8-9-11-22)37(30)21-38-16-17-41(5,6)7/h12-15,18-20,22H,8-11,16-17,21H2,1-7H3. The van der Waals surface area contributed by atoms with Crippen molar-refractivity contribution < 1.29 is 14.0 Å². The van der Waals surface area contributed by atoms with Crippen LogP contribution in [0.2, 0.25) is 25.7 Å². The largest absolute Gasteiger partial charge is 0.494 e. The number of aromatic nitrogens is 4. The molecule has 3 heterocycles. The van der Waals surface area contributed by atoms with E-state index in [0.29, 0.717) is 18.3 Å². The maximum atomic E-state index is 6.27. The van der Waals surface area contributed by atoms with Gasteiger partial charge in [-0.1, -0.05) is 62.8 Å². The molecule has 2 aliphatic rings. The predicted octanol–water partition coefficient (Wildman–Crippen LogP) is 6.92. The second kappa shape index (κ2) is 10.6. The molecule has 1 aliphatic carbocycles. The lowest BCUT2D eigenvalue weighted by molar-refractivity contribution is 0.00578. The molecule has 2 aromatic heterocycles. The van der Waals surface area contributed by atoms with Gasteiger partial charge < -0.3 is 14.0 Å². The lowest BCUT2D eigenvalue weighted by Crippen LogP contribution is -2.41. The molecular weight excluding hydrogens is 527 g/mol. The molecule has 4 aromatic rings. The van der Waals surface area contributed by atoms with Gasteiger partial charge in [0.25, 0.3) is 0 Å². The van der Waals surface area contributed by atoms with Crippen molar-refractivity contribution in [1.29, 1.82) is 0 Å². The van der Waals surface area contributed by atoms with Gasteiger partial charge in [-0.05, 0) is 68.9 Å². The summed E-state index contributed by atoms with van der Waals surface area (Å²) in [6.07, 6.45) is 6.72. The zero-order valence-corrected chi connectivity index (χ0v) is 26.7. The monoisotopic (exact) mass is 570 g/mol. The van der Waals surface area contributed by atoms with Crippen LogP contribution in [0.4, 0.5) is 0 Å². The third-order valence-corrected chi connectivity index (χ3v) is 10.8. The van der Waals surface area contributed by atoms with E-state index >= 15 is 0 Å². The van der Waals surface area contributed by atoms with E-state index in [1.54, 1.807) is 0 Å². The van der Waals surface area contributed by atoms with Crippen molar-refractivity contribution in [3.8, 4) is 11.3 Å². The second-order valence-corrected chi connectivity index (χ2v) is 19.7. The van der Waals surface area contributed by atoms with Crippen molar-refractivity contribution >= 4 is 42.7 Å². The van der Waals surface area contributed by atoms with Crippen LogP contribution in [0.15, 0.2) is 42.6 Å². The molecule has 9 heteroatoms. The average Bonchev–Trinajstić information content (AvgIpc) is 3.61. The Kier molecular flexibility index (Phi) is 7.37. The van der Waals surface area contributed by atoms with E-state index < -0.39 is 8.07 Å². The first-order valence-corrected chi connectivity index (χ1v) is 18.8. The third-order valence-electron chi connectivity index (χ3n) is 9.11. The molecular formula is C32H43BN4O3Si. The molecule has 41 heavy (non-hydrogen) atoms. The molecule has 1 saturated heterocycles. The minimum absolute atomic E-state index is 0.363. The Morgan fingerprint density at radius 2 is 1.63 bits per heavy atom. The zero-order chi connectivity index (χ0) is 29.0. The Morgan fingerprint density at radius 1 is 0.951 bits per heavy atom. The van der Waals surface area contributed by atoms with Crippen molar-refractivity contribution in [3.05, 3.63) is 48.4 Å². The van der Waals surface area contributed by atoms with Crippen molar-refractivity contribution in [2.45, 2.75) is 103 Å². The first kappa shape index (κ1) is 28.5. The highest BCUT2D eigenvalue weighted by atomic mass is 28.3. The second-order valence-electron chi connectivity index (χ2n) is 14.0. The minimum atomic E-state index is -1.15. The van der Waals surface area contributed by atoms with Crippen LogP contribution in [0.25, 0.3) is 33.3 Å². The quantitative estimate of drug-likeness (QED) is 0.169. The van der Waals surface area contributed by atoms with Gasteiger partial charge in [0.05, 0.1) is 23.1 Å². The first-order valence-electron chi connectivity index (χ1n) is 15.1. The molecule has 0 spiro atoms. The van der Waals surface area contributed by atoms with Gasteiger partial charge in [0.15, 0.2) is 11.3 Å². The van der Waals surface area contributed by atoms with Crippen molar-refractivity contribution in [1.82, 2.24) is 19.5 Å². The Hall–Kier alpha value is -2.59. The third kappa shape index (κ3) is 5.74. The summed E-state index contributed by atoms with van der Waals surface area (Å²) in [7, 11) is -1.52. The molecule has 0 radical (unpaired) electrons. The van der Waals surface area contributed by atoms with Crippen LogP contribution in [-0.4, -0.2) is 52.5 Å². The molecule has 6 rings (SSSR count). The summed E-state index contributed by atoms with van der Waals surface area (Å²) < 4.78 is 20.9. The number of ether oxygens (including phenoxy) is 1. The minimum Gasteiger partial charge on any atom is -0.399 e. The number of hydrogen-bond donors (Lipinski definition) is 0. The molecule has 0 bridgehead atoms. The van der Waals surface area contributed by atoms with E-state index in [-0.39, 0.29) is 18.3 Å². The number of fused-ring (bicyclic) bond motifs is 2. The number of rotatable bonds is 8. The Morgan fingerprint density at radius 3 is 2.34 bits per heavy atom. The van der Waals surface area contributed by atoms with Crippen LogP contribution < -0.4 is 5.46 Å². The molecule has 1 aliphatic heterocycles. The van der Waals surface area contributed by atoms with E-state index in [1.807, 2.05) is 6.20 Å². The molecule has 2 aromatic carbocycles. The van der Waals surface area contributed by atoms with Crippen LogP contribution in [0, 0.1) is 0 Å². The van der Waals surface area contributed by atoms with E-state index in [1.165, 1.54) is 25.7 Å². The molecule has 7 nitrogen and oxygen atoms in total. The van der Waals surface area contributed by atoms with E-state index in [9.17, 15) is 0 Å². The van der Waals surface area contributed by atoms with Gasteiger partial charge in [0.2, 0.25) is 0 Å². The highest BCUT2D eigenvalue weighted by Crippen LogP contribution is 2.37. The van der Waals surface area contributed by atoms with E-state index in [2.05, 4.69) is 88.3 Å². The molecule has 0 N–H and O–H groups in total. The number of hydrogen-bond acceptors (Lipinski definition) is 6. The topological polar surface area (TPSA) is 71.3 Å². The van der Waals surface area contributed by atoms with Crippen LogP contribution in [0.5, 0.6) is 0 Å². The van der Waals surface area contributed by atoms with Gasteiger partial charge in [0, 0.05) is 26.2 Å². The van der Waals surface area contributed by atoms with Crippen molar-refractivity contribution in [2.24, 2.45) is 0 Å². The summed E-state index contributed by atoms with van der Waals surface area (Å²) in [5, 5.41) is 2.27. The van der Waals surface area contributed by atoms with Crippen LogP contribution in [-0.2, 0) is 20.8 Å². The normalized spacial score (nSPS) is 19.1. The average molecular weight is 571 g/mol. The lowest BCUT2D eigenvalue weighted by atomic mass is 9.78. The van der Waals surface area contributed by atoms with Gasteiger partial charge in [-0.15, -0.1) is 0 Å². The van der Waals surface area contributed by atoms with Crippen LogP contribution >= 0.6 is 0 Å². The SMILES string of the molecule is CC1(C)OB(c2ccc3cc(-c4cnc5c(n4)nc(C4CCCC4)n5COCC[Si](C)(C)C)ccc3c2)OC1(C)C. The summed E-state index contributed by atoms with van der Waals surface area (Å²) in [5.41, 5.74) is 3.68. The van der Waals surface area contributed by atoms with Gasteiger partial charge in [0.1, 0.15) is 12.6 Å². The molecule has 2 fully saturated rings. The molecule has 1 saturated carbocycles. The van der Waals surface area contributed by atoms with Crippen molar-refractivity contribution in [3.63, 3.8) is 0 Å². The molecule has 0 amide bonds. The number of benzene rings is 2. The Bertz CT molecular complexity index is 1560. The van der Waals surface area contributed by atoms with Gasteiger partial charge >= 0.3 is 7.12 Å². The lowest BCUT2D eigenvalue weighted by Gasteiger charge is -2.32. The Labute approximate surface area is 245 Å². The fourth-order valence-corrected chi connectivity index (χ4v) is 6.52. The summed E-state index contributed by atoms with van der Waals surface area (Å²) in [5.74, 6) is 1.53. The van der Waals surface area contributed by atoms with Crippen molar-refractivity contribution in [2.75, 3.05) is 6.61 Å². The van der Waals surface area contributed by atoms with Crippen LogP contribution in [0.1, 0.15) is 65.1 Å². The molecule has 0 atom stereocenters. The smallest absolute Gasteiger partial charge is 0.399 e. The summed E-state index contributed by atoms with van der Waals surface area (Å²) in [6, 6.07) is 14.0. The zero-order valence-electron chi connectivity index (χ0n) is 25.7. The van der Waals surface area contributed by atoms with Gasteiger partial charge in [-0.2, -0.15) is 0 Å². The first-order chi connectivity index (χ1) is 19.4. The fourth-order valence-electron chi connectivity index (χ4n) is 5.76. The molecule has 216 valence electrons. The van der Waals surface area contributed by atoms with Gasteiger partial charge in [-0.3, -0.25) is 4.57 Å². The number of imidazole rings is 1. The predicted molar refractivity (Wildman–Crippen MR) is 169 cm³/mol. The van der Waals surface area contributed by atoms with Crippen LogP contribution in [0.3, 0.4) is 0 Å². The highest BCUT2D eigenvalue weighted by Gasteiger charge is 2.51. The summed E-state index contributed by atoms with van der Waals surface area (Å²) in [6.45, 7) is 16.7. The maximum Gasteiger partial charge on any atom is 0.494 e. The molecule has 0 unspecified atom stereocenters. The van der Waals surface area contributed by atoms with E-state index in [4.69, 9.17) is 29.0 Å². The maximum absolute atomic E-state index is 6.27. The fraction of sp³-hybridized carbons (Fsp3) is 0.531. The Balaban J connectivity index is 1.27. The summed E-state index contributed by atoms with van der Waals surface area (Å²) in [4.78, 5) is 14.9. The van der Waals surface area contributed by atoms with E-state index in [0.717, 1.165) is 51.6 Å². The summed E-state index contributed by atoms with van der Waals surface area (Å²) >= 11 is 0. The number of nitrogens with zero attached hydrogens (tertiary/aromatic N) is 4. The van der Waals surface area contributed by atoms with Gasteiger partial charge in [-0.25, -0.2) is 15.0 Å².